The monoisotopic (exact) mass is 248 g/mol. The molecule has 0 aliphatic rings. The summed E-state index contributed by atoms with van der Waals surface area (Å²) in [7, 11) is -9.28. The summed E-state index contributed by atoms with van der Waals surface area (Å²) in [5, 5.41) is 0. The van der Waals surface area contributed by atoms with E-state index >= 15 is 0 Å². The van der Waals surface area contributed by atoms with Gasteiger partial charge in [-0.2, -0.15) is 0 Å². The van der Waals surface area contributed by atoms with Crippen LogP contribution in [0.5, 0.6) is 0 Å². The van der Waals surface area contributed by atoms with Crippen LogP contribution in [0.15, 0.2) is 13.2 Å². The molecule has 11 heteroatoms. The maximum atomic E-state index is 8.88. The molecule has 0 heterocycles. The summed E-state index contributed by atoms with van der Waals surface area (Å²) in [5.74, 6) is 0. The van der Waals surface area contributed by atoms with Crippen molar-refractivity contribution < 1.29 is 69.5 Å². The van der Waals surface area contributed by atoms with Gasteiger partial charge >= 0.3 is 45.2 Å². The molecule has 13 heavy (non-hydrogen) atoms. The van der Waals surface area contributed by atoms with Crippen LogP contribution in [0.25, 0.3) is 0 Å². The van der Waals surface area contributed by atoms with Crippen LogP contribution < -0.4 is 29.6 Å². The van der Waals surface area contributed by atoms with Crippen LogP contribution in [0, 0.1) is 0 Å². The zero-order valence-corrected chi connectivity index (χ0v) is 10.6. The van der Waals surface area contributed by atoms with E-state index in [0.717, 1.165) is 0 Å². The Morgan fingerprint density at radius 2 is 0.769 bits per heavy atom. The molecule has 0 aliphatic heterocycles. The van der Waals surface area contributed by atoms with Crippen molar-refractivity contribution in [3.63, 3.8) is 0 Å². The average molecular weight is 248 g/mol. The molecule has 0 radical (unpaired) electrons. The Labute approximate surface area is 98.2 Å². The second-order valence-electron chi connectivity index (χ2n) is 1.03. The Hall–Kier alpha value is 0.960. The first-order chi connectivity index (χ1) is 5.00. The van der Waals surface area contributed by atoms with Crippen LogP contribution in [-0.2, 0) is 9.13 Å². The fourth-order valence-corrected chi connectivity index (χ4v) is 0. The Morgan fingerprint density at radius 1 is 0.769 bits per heavy atom. The number of rotatable bonds is 0. The van der Waals surface area contributed by atoms with Gasteiger partial charge in [0.05, 0.1) is 0 Å². The van der Waals surface area contributed by atoms with Crippen molar-refractivity contribution in [2.45, 2.75) is 0 Å². The van der Waals surface area contributed by atoms with Crippen LogP contribution in [0.4, 0.5) is 0 Å². The fourth-order valence-electron chi connectivity index (χ4n) is 0. The quantitative estimate of drug-likeness (QED) is 0.144. The molecule has 0 rings (SSSR count). The maximum Gasteiger partial charge on any atom is 1.00 e. The Kier molecular flexibility index (Phi) is 20.1. The van der Waals surface area contributed by atoms with E-state index < -0.39 is 15.6 Å². The summed E-state index contributed by atoms with van der Waals surface area (Å²) < 4.78 is 17.8. The second-order valence-corrected chi connectivity index (χ2v) is 3.08. The van der Waals surface area contributed by atoms with Gasteiger partial charge in [-0.15, -0.1) is 13.2 Å². The van der Waals surface area contributed by atoms with Crippen molar-refractivity contribution in [3.8, 4) is 0 Å². The minimum atomic E-state index is -4.64. The zero-order valence-electron chi connectivity index (χ0n) is 7.81. The minimum Gasteiger partial charge on any atom is -1.00 e. The second kappa shape index (κ2) is 11.0. The van der Waals surface area contributed by atoms with Gasteiger partial charge in [0, 0.05) is 0 Å². The van der Waals surface area contributed by atoms with Crippen molar-refractivity contribution in [1.82, 2.24) is 0 Å². The molecule has 0 aromatic carbocycles. The van der Waals surface area contributed by atoms with E-state index in [2.05, 4.69) is 13.2 Å². The van der Waals surface area contributed by atoms with Gasteiger partial charge < -0.3 is 30.8 Å². The standard InChI is InChI=1S/C2H4.Na.2H3O4P.H/c1-2;;2*1-5(2,3)4;/h1-2H2;;2*(H3,1,2,3,4);/q;+1;;;-1. The summed E-state index contributed by atoms with van der Waals surface area (Å²) in [6, 6.07) is 0. The Bertz CT molecular complexity index is 149. The third kappa shape index (κ3) is 1690. The van der Waals surface area contributed by atoms with Crippen LogP contribution in [0.3, 0.4) is 0 Å². The minimum absolute atomic E-state index is 0. The normalized spacial score (nSPS) is 9.38. The van der Waals surface area contributed by atoms with E-state index in [-0.39, 0.29) is 31.0 Å². The first-order valence-electron chi connectivity index (χ1n) is 2.07. The molecular weight excluding hydrogens is 237 g/mol. The largest absolute Gasteiger partial charge is 1.00 e. The Balaban J connectivity index is -0.0000000292. The SMILES string of the molecule is C=C.O=P(O)(O)O.O=P(O)(O)O.[H-].[Na+]. The molecule has 0 saturated heterocycles. The topological polar surface area (TPSA) is 156 Å². The molecule has 0 atom stereocenters. The van der Waals surface area contributed by atoms with E-state index in [1.807, 2.05) is 0 Å². The molecule has 0 bridgehead atoms. The number of hydrogen-bond donors (Lipinski definition) is 6. The van der Waals surface area contributed by atoms with Gasteiger partial charge in [0.25, 0.3) is 0 Å². The summed E-state index contributed by atoms with van der Waals surface area (Å²) in [5.41, 5.74) is 0. The molecule has 0 saturated carbocycles. The van der Waals surface area contributed by atoms with Gasteiger partial charge in [0.2, 0.25) is 0 Å². The van der Waals surface area contributed by atoms with Gasteiger partial charge in [-0.1, -0.05) is 0 Å². The first kappa shape index (κ1) is 23.6. The van der Waals surface area contributed by atoms with Gasteiger partial charge in [0.15, 0.2) is 0 Å². The van der Waals surface area contributed by atoms with Gasteiger partial charge in [-0.25, -0.2) is 9.13 Å². The van der Waals surface area contributed by atoms with E-state index in [0.29, 0.717) is 0 Å². The molecule has 8 nitrogen and oxygen atoms in total. The van der Waals surface area contributed by atoms with E-state index in [4.69, 9.17) is 38.5 Å². The third-order valence-electron chi connectivity index (χ3n) is 0. The smallest absolute Gasteiger partial charge is 1.00 e. The van der Waals surface area contributed by atoms with Crippen molar-refractivity contribution >= 4 is 15.6 Å². The predicted octanol–water partition coefficient (Wildman–Crippen LogP) is -3.94. The van der Waals surface area contributed by atoms with Crippen molar-refractivity contribution in [2.75, 3.05) is 0 Å². The first-order valence-corrected chi connectivity index (χ1v) is 5.20. The van der Waals surface area contributed by atoms with E-state index in [1.165, 1.54) is 0 Å². The molecule has 0 unspecified atom stereocenters. The van der Waals surface area contributed by atoms with Crippen LogP contribution >= 0.6 is 15.6 Å². The molecule has 6 N–H and O–H groups in total. The molecule has 0 aromatic heterocycles. The van der Waals surface area contributed by atoms with Crippen LogP contribution in [0.1, 0.15) is 1.43 Å². The summed E-state index contributed by atoms with van der Waals surface area (Å²) >= 11 is 0. The maximum absolute atomic E-state index is 8.88. The zero-order chi connectivity index (χ0) is 11.0. The predicted molar refractivity (Wildman–Crippen MR) is 40.9 cm³/mol. The van der Waals surface area contributed by atoms with Crippen LogP contribution in [0.2, 0.25) is 0 Å². The molecular formula is C2H11NaO8P2. The molecule has 78 valence electrons. The van der Waals surface area contributed by atoms with Crippen molar-refractivity contribution in [3.05, 3.63) is 13.2 Å². The summed E-state index contributed by atoms with van der Waals surface area (Å²) in [6.07, 6.45) is 0. The third-order valence-corrected chi connectivity index (χ3v) is 0. The molecule has 0 aliphatic carbocycles. The molecule has 0 spiro atoms. The van der Waals surface area contributed by atoms with Gasteiger partial charge in [-0.05, 0) is 0 Å². The number of hydrogen-bond acceptors (Lipinski definition) is 2. The number of phosphoric acid groups is 2. The summed E-state index contributed by atoms with van der Waals surface area (Å²) in [4.78, 5) is 43.1. The molecule has 0 aromatic rings. The van der Waals surface area contributed by atoms with Crippen molar-refractivity contribution in [2.24, 2.45) is 0 Å². The summed E-state index contributed by atoms with van der Waals surface area (Å²) in [6.45, 7) is 6.00. The molecule has 0 fully saturated rings. The van der Waals surface area contributed by atoms with Crippen molar-refractivity contribution in [1.29, 1.82) is 0 Å². The van der Waals surface area contributed by atoms with Crippen LogP contribution in [-0.4, -0.2) is 29.4 Å². The molecule has 0 amide bonds. The average Bonchev–Trinajstić information content (AvgIpc) is 1.59. The Morgan fingerprint density at radius 3 is 0.769 bits per heavy atom. The van der Waals surface area contributed by atoms with E-state index in [1.54, 1.807) is 0 Å². The van der Waals surface area contributed by atoms with E-state index in [9.17, 15) is 0 Å². The fraction of sp³-hybridized carbons (Fsp3) is 0. The van der Waals surface area contributed by atoms with Gasteiger partial charge in [0.1, 0.15) is 0 Å². The van der Waals surface area contributed by atoms with Gasteiger partial charge in [-0.3, -0.25) is 0 Å².